The van der Waals surface area contributed by atoms with Crippen molar-refractivity contribution in [1.82, 2.24) is 20.2 Å². The number of methoxy groups -OCH3 is 1. The first kappa shape index (κ1) is 25.0. The van der Waals surface area contributed by atoms with E-state index in [1.807, 2.05) is 19.9 Å². The van der Waals surface area contributed by atoms with Crippen molar-refractivity contribution in [1.29, 1.82) is 0 Å². The third kappa shape index (κ3) is 6.22. The zero-order valence-corrected chi connectivity index (χ0v) is 20.0. The maximum Gasteiger partial charge on any atom is 0.337 e. The molecule has 0 radical (unpaired) electrons. The van der Waals surface area contributed by atoms with Crippen LogP contribution in [-0.2, 0) is 9.53 Å². The molecule has 0 unspecified atom stereocenters. The standard InChI is InChI=1S/C24H26N4O5S/c1-15(2)11-12-25-23(32)27-20(29)14-34-24-26-19-13-16(22(31)33-3)9-10-18(19)21(30)28(24)17-7-5-4-6-8-17/h4-10,13,15H,11-12,14H2,1-3H3,(H2,25,27,29,32). The molecule has 0 spiro atoms. The number of carbonyl (C=O) groups excluding carboxylic acids is 3. The molecule has 0 aliphatic carbocycles. The minimum atomic E-state index is -0.569. The van der Waals surface area contributed by atoms with Crippen LogP contribution in [0.4, 0.5) is 4.79 Å². The summed E-state index contributed by atoms with van der Waals surface area (Å²) in [6, 6.07) is 12.8. The summed E-state index contributed by atoms with van der Waals surface area (Å²) in [5.41, 5.74) is 0.788. The number of amides is 3. The molecule has 2 N–H and O–H groups in total. The number of urea groups is 1. The number of thioether (sulfide) groups is 1. The van der Waals surface area contributed by atoms with Crippen molar-refractivity contribution in [3.63, 3.8) is 0 Å². The van der Waals surface area contributed by atoms with Crippen molar-refractivity contribution < 1.29 is 19.1 Å². The number of fused-ring (bicyclic) bond motifs is 1. The number of hydrogen-bond acceptors (Lipinski definition) is 7. The number of esters is 1. The monoisotopic (exact) mass is 482 g/mol. The van der Waals surface area contributed by atoms with Crippen LogP contribution in [0.15, 0.2) is 58.5 Å². The van der Waals surface area contributed by atoms with Crippen LogP contribution in [0, 0.1) is 5.92 Å². The average Bonchev–Trinajstić information content (AvgIpc) is 2.82. The smallest absolute Gasteiger partial charge is 0.337 e. The molecule has 9 nitrogen and oxygen atoms in total. The molecule has 0 aliphatic heterocycles. The van der Waals surface area contributed by atoms with Crippen LogP contribution in [0.2, 0.25) is 0 Å². The quantitative estimate of drug-likeness (QED) is 0.288. The lowest BCUT2D eigenvalue weighted by Crippen LogP contribution is -2.41. The fourth-order valence-electron chi connectivity index (χ4n) is 3.12. The van der Waals surface area contributed by atoms with Crippen molar-refractivity contribution in [2.75, 3.05) is 19.4 Å². The van der Waals surface area contributed by atoms with Gasteiger partial charge in [0.05, 0.1) is 35.0 Å². The van der Waals surface area contributed by atoms with Crippen LogP contribution in [0.5, 0.6) is 0 Å². The van der Waals surface area contributed by atoms with Gasteiger partial charge in [0, 0.05) is 6.54 Å². The molecule has 10 heteroatoms. The molecule has 1 aromatic heterocycles. The van der Waals surface area contributed by atoms with Crippen LogP contribution < -0.4 is 16.2 Å². The molecule has 1 heterocycles. The summed E-state index contributed by atoms with van der Waals surface area (Å²) in [4.78, 5) is 54.0. The van der Waals surface area contributed by atoms with E-state index in [4.69, 9.17) is 4.74 Å². The molecule has 3 amide bonds. The minimum Gasteiger partial charge on any atom is -0.465 e. The number of hydrogen-bond donors (Lipinski definition) is 2. The second kappa shape index (κ2) is 11.5. The van der Waals surface area contributed by atoms with E-state index >= 15 is 0 Å². The Bertz CT molecular complexity index is 1260. The number of para-hydroxylation sites is 1. The molecule has 34 heavy (non-hydrogen) atoms. The molecule has 0 atom stereocenters. The summed E-state index contributed by atoms with van der Waals surface area (Å²) in [5.74, 6) is -0.781. The summed E-state index contributed by atoms with van der Waals surface area (Å²) >= 11 is 1.01. The van der Waals surface area contributed by atoms with Gasteiger partial charge in [-0.25, -0.2) is 14.6 Å². The normalized spacial score (nSPS) is 10.8. The largest absolute Gasteiger partial charge is 0.465 e. The van der Waals surface area contributed by atoms with Crippen LogP contribution >= 0.6 is 11.8 Å². The second-order valence-corrected chi connectivity index (χ2v) is 8.81. The van der Waals surface area contributed by atoms with E-state index in [2.05, 4.69) is 15.6 Å². The predicted molar refractivity (Wildman–Crippen MR) is 130 cm³/mol. The Kier molecular flexibility index (Phi) is 8.42. The Hall–Kier alpha value is -3.66. The Morgan fingerprint density at radius 1 is 1.12 bits per heavy atom. The van der Waals surface area contributed by atoms with Gasteiger partial charge in [0.15, 0.2) is 5.16 Å². The van der Waals surface area contributed by atoms with Crippen LogP contribution in [-0.4, -0.2) is 46.9 Å². The Morgan fingerprint density at radius 2 is 1.85 bits per heavy atom. The lowest BCUT2D eigenvalue weighted by atomic mass is 10.1. The first-order valence-electron chi connectivity index (χ1n) is 10.7. The van der Waals surface area contributed by atoms with Gasteiger partial charge in [-0.3, -0.25) is 19.5 Å². The maximum absolute atomic E-state index is 13.3. The lowest BCUT2D eigenvalue weighted by Gasteiger charge is -2.13. The summed E-state index contributed by atoms with van der Waals surface area (Å²) in [6.45, 7) is 4.54. The van der Waals surface area contributed by atoms with E-state index in [0.717, 1.165) is 18.2 Å². The van der Waals surface area contributed by atoms with Gasteiger partial charge in [-0.15, -0.1) is 0 Å². The lowest BCUT2D eigenvalue weighted by molar-refractivity contribution is -0.117. The number of imide groups is 1. The Morgan fingerprint density at radius 3 is 2.53 bits per heavy atom. The number of carbonyl (C=O) groups is 3. The molecular formula is C24H26N4O5S. The predicted octanol–water partition coefficient (Wildman–Crippen LogP) is 3.14. The van der Waals surface area contributed by atoms with Crippen LogP contribution in [0.3, 0.4) is 0 Å². The van der Waals surface area contributed by atoms with Crippen molar-refractivity contribution >= 4 is 40.6 Å². The maximum atomic E-state index is 13.3. The number of aromatic nitrogens is 2. The first-order chi connectivity index (χ1) is 16.3. The zero-order valence-electron chi connectivity index (χ0n) is 19.2. The molecule has 2 aromatic carbocycles. The molecule has 3 aromatic rings. The fraction of sp³-hybridized carbons (Fsp3) is 0.292. The molecule has 0 saturated heterocycles. The number of rotatable bonds is 8. The first-order valence-corrected chi connectivity index (χ1v) is 11.7. The zero-order chi connectivity index (χ0) is 24.7. The van der Waals surface area contributed by atoms with E-state index in [9.17, 15) is 19.2 Å². The van der Waals surface area contributed by atoms with E-state index < -0.39 is 17.9 Å². The summed E-state index contributed by atoms with van der Waals surface area (Å²) in [7, 11) is 1.27. The molecular weight excluding hydrogens is 456 g/mol. The highest BCUT2D eigenvalue weighted by Gasteiger charge is 2.17. The van der Waals surface area contributed by atoms with Gasteiger partial charge in [0.1, 0.15) is 0 Å². The van der Waals surface area contributed by atoms with E-state index in [0.29, 0.717) is 29.1 Å². The number of nitrogens with one attached hydrogen (secondary N) is 2. The van der Waals surface area contributed by atoms with E-state index in [1.165, 1.54) is 29.9 Å². The molecule has 0 aliphatic rings. The van der Waals surface area contributed by atoms with Crippen molar-refractivity contribution in [3.8, 4) is 5.69 Å². The van der Waals surface area contributed by atoms with E-state index in [1.54, 1.807) is 24.3 Å². The van der Waals surface area contributed by atoms with Crippen LogP contribution in [0.1, 0.15) is 30.6 Å². The van der Waals surface area contributed by atoms with Gasteiger partial charge in [0.25, 0.3) is 5.56 Å². The molecule has 0 bridgehead atoms. The van der Waals surface area contributed by atoms with Gasteiger partial charge in [-0.1, -0.05) is 43.8 Å². The number of nitrogens with zero attached hydrogens (tertiary/aromatic N) is 2. The van der Waals surface area contributed by atoms with Crippen molar-refractivity contribution in [2.24, 2.45) is 5.92 Å². The highest BCUT2D eigenvalue weighted by molar-refractivity contribution is 7.99. The molecule has 178 valence electrons. The highest BCUT2D eigenvalue weighted by atomic mass is 32.2. The minimum absolute atomic E-state index is 0.140. The molecule has 0 saturated carbocycles. The summed E-state index contributed by atoms with van der Waals surface area (Å²) in [5, 5.41) is 5.49. The topological polar surface area (TPSA) is 119 Å². The van der Waals surface area contributed by atoms with E-state index in [-0.39, 0.29) is 22.0 Å². The SMILES string of the molecule is COC(=O)c1ccc2c(=O)n(-c3ccccc3)c(SCC(=O)NC(=O)NCCC(C)C)nc2c1. The van der Waals surface area contributed by atoms with Crippen molar-refractivity contribution in [2.45, 2.75) is 25.4 Å². The molecule has 0 fully saturated rings. The average molecular weight is 483 g/mol. The van der Waals surface area contributed by atoms with Crippen LogP contribution in [0.25, 0.3) is 16.6 Å². The van der Waals surface area contributed by atoms with Gasteiger partial charge in [-0.05, 0) is 42.7 Å². The summed E-state index contributed by atoms with van der Waals surface area (Å²) < 4.78 is 6.15. The van der Waals surface area contributed by atoms with Gasteiger partial charge >= 0.3 is 12.0 Å². The fourth-order valence-corrected chi connectivity index (χ4v) is 3.94. The number of benzene rings is 2. The van der Waals surface area contributed by atoms with Gasteiger partial charge < -0.3 is 10.1 Å². The third-order valence-electron chi connectivity index (χ3n) is 4.87. The van der Waals surface area contributed by atoms with Gasteiger partial charge in [0.2, 0.25) is 5.91 Å². The third-order valence-corrected chi connectivity index (χ3v) is 5.81. The van der Waals surface area contributed by atoms with Crippen molar-refractivity contribution in [3.05, 3.63) is 64.4 Å². The highest BCUT2D eigenvalue weighted by Crippen LogP contribution is 2.22. The second-order valence-electron chi connectivity index (χ2n) is 7.87. The Labute approximate surface area is 200 Å². The summed E-state index contributed by atoms with van der Waals surface area (Å²) in [6.07, 6.45) is 0.800. The molecule has 3 rings (SSSR count). The van der Waals surface area contributed by atoms with Gasteiger partial charge in [-0.2, -0.15) is 0 Å². The Balaban J connectivity index is 1.88. The number of ether oxygens (including phenoxy) is 1.